The summed E-state index contributed by atoms with van der Waals surface area (Å²) in [5, 5.41) is 9.29. The first-order valence-electron chi connectivity index (χ1n) is 7.95. The van der Waals surface area contributed by atoms with Crippen LogP contribution < -0.4 is 11.1 Å². The summed E-state index contributed by atoms with van der Waals surface area (Å²) in [5.41, 5.74) is 7.50. The summed E-state index contributed by atoms with van der Waals surface area (Å²) in [6.45, 7) is 8.49. The third-order valence-electron chi connectivity index (χ3n) is 4.44. The van der Waals surface area contributed by atoms with E-state index in [0.717, 1.165) is 18.4 Å². The molecule has 0 saturated carbocycles. The minimum atomic E-state index is -0.609. The average Bonchev–Trinajstić information content (AvgIpc) is 3.15. The molecule has 0 spiro atoms. The molecule has 23 heavy (non-hydrogen) atoms. The van der Waals surface area contributed by atoms with Gasteiger partial charge in [-0.25, -0.2) is 14.8 Å². The van der Waals surface area contributed by atoms with E-state index >= 15 is 0 Å². The Hall–Kier alpha value is -2.09. The van der Waals surface area contributed by atoms with Crippen molar-refractivity contribution in [2.45, 2.75) is 46.6 Å². The highest BCUT2D eigenvalue weighted by Crippen LogP contribution is 2.20. The lowest BCUT2D eigenvalue weighted by Gasteiger charge is -2.31. The van der Waals surface area contributed by atoms with Crippen LogP contribution >= 0.6 is 0 Å². The van der Waals surface area contributed by atoms with E-state index in [1.54, 1.807) is 6.92 Å². The highest BCUT2D eigenvalue weighted by molar-refractivity contribution is 5.91. The molecule has 1 fully saturated rings. The third kappa shape index (κ3) is 3.47. The van der Waals surface area contributed by atoms with E-state index in [-0.39, 0.29) is 11.8 Å². The second-order valence-electron chi connectivity index (χ2n) is 6.00. The Morgan fingerprint density at radius 1 is 1.35 bits per heavy atom. The standard InChI is InChI=1S/C15H25N5O3/c1-5-9(2)12(16)14(21)19-7-6-8-20(19)15(22)17-13-10(3)11(4)18-23-13/h9,12H,5-8,16H2,1-4H3,(H,17,22). The van der Waals surface area contributed by atoms with Gasteiger partial charge in [0, 0.05) is 18.7 Å². The number of aryl methyl sites for hydroxylation is 1. The first kappa shape index (κ1) is 17.3. The van der Waals surface area contributed by atoms with Gasteiger partial charge in [-0.05, 0) is 26.2 Å². The Bertz CT molecular complexity index is 586. The van der Waals surface area contributed by atoms with Gasteiger partial charge >= 0.3 is 6.03 Å². The van der Waals surface area contributed by atoms with Gasteiger partial charge in [0.25, 0.3) is 5.91 Å². The summed E-state index contributed by atoms with van der Waals surface area (Å²) in [6, 6.07) is -1.02. The third-order valence-corrected chi connectivity index (χ3v) is 4.44. The molecule has 2 unspecified atom stereocenters. The summed E-state index contributed by atoms with van der Waals surface area (Å²) in [7, 11) is 0. The molecule has 1 aliphatic heterocycles. The van der Waals surface area contributed by atoms with E-state index in [2.05, 4.69) is 10.5 Å². The quantitative estimate of drug-likeness (QED) is 0.876. The zero-order chi connectivity index (χ0) is 17.1. The Labute approximate surface area is 135 Å². The molecule has 0 radical (unpaired) electrons. The highest BCUT2D eigenvalue weighted by Gasteiger charge is 2.35. The monoisotopic (exact) mass is 323 g/mol. The van der Waals surface area contributed by atoms with Gasteiger partial charge in [-0.15, -0.1) is 0 Å². The van der Waals surface area contributed by atoms with Crippen LogP contribution in [0.5, 0.6) is 0 Å². The molecule has 0 bridgehead atoms. The number of hydrogen-bond acceptors (Lipinski definition) is 5. The van der Waals surface area contributed by atoms with Crippen LogP contribution in [0, 0.1) is 19.8 Å². The Balaban J connectivity index is 2.07. The first-order chi connectivity index (χ1) is 10.9. The van der Waals surface area contributed by atoms with Gasteiger partial charge in [-0.3, -0.25) is 10.1 Å². The van der Waals surface area contributed by atoms with Gasteiger partial charge in [0.05, 0.1) is 11.7 Å². The normalized spacial score (nSPS) is 17.3. The van der Waals surface area contributed by atoms with E-state index < -0.39 is 12.1 Å². The van der Waals surface area contributed by atoms with Gasteiger partial charge in [-0.2, -0.15) is 0 Å². The van der Waals surface area contributed by atoms with Crippen LogP contribution in [0.2, 0.25) is 0 Å². The lowest BCUT2D eigenvalue weighted by molar-refractivity contribution is -0.142. The number of aromatic nitrogens is 1. The van der Waals surface area contributed by atoms with Crippen molar-refractivity contribution in [3.05, 3.63) is 11.3 Å². The van der Waals surface area contributed by atoms with Crippen LogP contribution in [0.4, 0.5) is 10.7 Å². The number of rotatable bonds is 4. The molecular weight excluding hydrogens is 298 g/mol. The fourth-order valence-corrected chi connectivity index (χ4v) is 2.41. The van der Waals surface area contributed by atoms with E-state index in [9.17, 15) is 9.59 Å². The second kappa shape index (κ2) is 6.99. The summed E-state index contributed by atoms with van der Waals surface area (Å²) in [4.78, 5) is 25.0. The van der Waals surface area contributed by atoms with Crippen LogP contribution in [0.3, 0.4) is 0 Å². The van der Waals surface area contributed by atoms with Crippen LogP contribution in [0.25, 0.3) is 0 Å². The molecule has 0 aliphatic carbocycles. The van der Waals surface area contributed by atoms with Crippen molar-refractivity contribution in [2.24, 2.45) is 11.7 Å². The van der Waals surface area contributed by atoms with Crippen molar-refractivity contribution in [2.75, 3.05) is 18.4 Å². The SMILES string of the molecule is CCC(C)C(N)C(=O)N1CCCN1C(=O)Nc1onc(C)c1C. The average molecular weight is 323 g/mol. The number of anilines is 1. The fourth-order valence-electron chi connectivity index (χ4n) is 2.41. The largest absolute Gasteiger partial charge is 0.343 e. The van der Waals surface area contributed by atoms with Crippen LogP contribution in [-0.2, 0) is 4.79 Å². The maximum atomic E-state index is 12.5. The molecule has 0 aromatic carbocycles. The topological polar surface area (TPSA) is 105 Å². The van der Waals surface area contributed by atoms with Crippen LogP contribution in [0.1, 0.15) is 37.9 Å². The van der Waals surface area contributed by atoms with Gasteiger partial charge in [-0.1, -0.05) is 25.4 Å². The van der Waals surface area contributed by atoms with E-state index in [4.69, 9.17) is 10.3 Å². The number of hydrogen-bond donors (Lipinski definition) is 2. The highest BCUT2D eigenvalue weighted by atomic mass is 16.5. The molecule has 8 heteroatoms. The number of hydrazine groups is 1. The van der Waals surface area contributed by atoms with E-state index in [0.29, 0.717) is 24.7 Å². The Morgan fingerprint density at radius 2 is 2.00 bits per heavy atom. The number of nitrogens with one attached hydrogen (secondary N) is 1. The fraction of sp³-hybridized carbons (Fsp3) is 0.667. The predicted molar refractivity (Wildman–Crippen MR) is 85.5 cm³/mol. The molecule has 128 valence electrons. The van der Waals surface area contributed by atoms with Crippen molar-refractivity contribution in [1.82, 2.24) is 15.2 Å². The number of nitrogens with two attached hydrogens (primary N) is 1. The zero-order valence-corrected chi connectivity index (χ0v) is 14.1. The summed E-state index contributed by atoms with van der Waals surface area (Å²) in [5.74, 6) is 0.141. The van der Waals surface area contributed by atoms with Gasteiger partial charge in [0.2, 0.25) is 5.88 Å². The lowest BCUT2D eigenvalue weighted by atomic mass is 9.99. The molecule has 2 atom stereocenters. The van der Waals surface area contributed by atoms with Crippen molar-refractivity contribution >= 4 is 17.8 Å². The molecule has 1 saturated heterocycles. The number of carbonyl (C=O) groups is 2. The molecule has 2 heterocycles. The lowest BCUT2D eigenvalue weighted by Crippen LogP contribution is -2.53. The minimum absolute atomic E-state index is 0.0622. The van der Waals surface area contributed by atoms with E-state index in [1.807, 2.05) is 20.8 Å². The maximum absolute atomic E-state index is 12.5. The Kier molecular flexibility index (Phi) is 5.25. The molecular formula is C15H25N5O3. The summed E-state index contributed by atoms with van der Waals surface area (Å²) >= 11 is 0. The van der Waals surface area contributed by atoms with Crippen LogP contribution in [-0.4, -0.2) is 46.2 Å². The van der Waals surface area contributed by atoms with Crippen LogP contribution in [0.15, 0.2) is 4.52 Å². The minimum Gasteiger partial charge on any atom is -0.338 e. The number of nitrogens with zero attached hydrogens (tertiary/aromatic N) is 3. The summed E-state index contributed by atoms with van der Waals surface area (Å²) in [6.07, 6.45) is 1.53. The van der Waals surface area contributed by atoms with Gasteiger partial charge in [0.15, 0.2) is 0 Å². The van der Waals surface area contributed by atoms with Crippen molar-refractivity contribution in [1.29, 1.82) is 0 Å². The van der Waals surface area contributed by atoms with E-state index in [1.165, 1.54) is 10.0 Å². The summed E-state index contributed by atoms with van der Waals surface area (Å²) < 4.78 is 5.09. The zero-order valence-electron chi connectivity index (χ0n) is 14.1. The number of amides is 3. The number of carbonyl (C=O) groups excluding carboxylic acids is 2. The molecule has 1 aromatic rings. The molecule has 8 nitrogen and oxygen atoms in total. The molecule has 1 aromatic heterocycles. The first-order valence-corrected chi connectivity index (χ1v) is 7.95. The molecule has 3 amide bonds. The molecule has 3 N–H and O–H groups in total. The van der Waals surface area contributed by atoms with Gasteiger partial charge < -0.3 is 10.3 Å². The maximum Gasteiger partial charge on any atom is 0.343 e. The second-order valence-corrected chi connectivity index (χ2v) is 6.00. The van der Waals surface area contributed by atoms with Crippen molar-refractivity contribution in [3.8, 4) is 0 Å². The molecule has 1 aliphatic rings. The van der Waals surface area contributed by atoms with Crippen molar-refractivity contribution < 1.29 is 14.1 Å². The predicted octanol–water partition coefficient (Wildman–Crippen LogP) is 1.65. The molecule has 2 rings (SSSR count). The van der Waals surface area contributed by atoms with Crippen molar-refractivity contribution in [3.63, 3.8) is 0 Å². The smallest absolute Gasteiger partial charge is 0.338 e. The number of urea groups is 1. The van der Waals surface area contributed by atoms with Gasteiger partial charge in [0.1, 0.15) is 0 Å². The Morgan fingerprint density at radius 3 is 2.57 bits per heavy atom.